The lowest BCUT2D eigenvalue weighted by Gasteiger charge is -2.34. The van der Waals surface area contributed by atoms with Crippen LogP contribution in [0.25, 0.3) is 0 Å². The van der Waals surface area contributed by atoms with Gasteiger partial charge in [0.25, 0.3) is 11.6 Å². The zero-order chi connectivity index (χ0) is 19.6. The predicted octanol–water partition coefficient (Wildman–Crippen LogP) is 4.09. The summed E-state index contributed by atoms with van der Waals surface area (Å²) in [5.41, 5.74) is 1.80. The fourth-order valence-corrected chi connectivity index (χ4v) is 4.45. The van der Waals surface area contributed by atoms with Gasteiger partial charge < -0.3 is 0 Å². The molecule has 7 nitrogen and oxygen atoms in total. The van der Waals surface area contributed by atoms with Gasteiger partial charge in [0.1, 0.15) is 0 Å². The molecule has 1 fully saturated rings. The Morgan fingerprint density at radius 1 is 1.37 bits per heavy atom. The van der Waals surface area contributed by atoms with Gasteiger partial charge in [0.15, 0.2) is 5.13 Å². The van der Waals surface area contributed by atoms with Crippen molar-refractivity contribution >= 4 is 28.1 Å². The number of benzene rings is 1. The smallest absolute Gasteiger partial charge is 0.272 e. The summed E-state index contributed by atoms with van der Waals surface area (Å²) in [5, 5.41) is 16.2. The van der Waals surface area contributed by atoms with Crippen LogP contribution in [-0.2, 0) is 6.54 Å². The summed E-state index contributed by atoms with van der Waals surface area (Å²) in [6.07, 6.45) is 1.27. The van der Waals surface area contributed by atoms with E-state index in [2.05, 4.69) is 29.0 Å². The number of likely N-dealkylation sites (tertiary alicyclic amines) is 1. The van der Waals surface area contributed by atoms with Gasteiger partial charge in [-0.25, -0.2) is 4.98 Å². The van der Waals surface area contributed by atoms with Gasteiger partial charge in [-0.05, 0) is 37.3 Å². The number of aryl methyl sites for hydroxylation is 1. The number of carbonyl (C=O) groups is 1. The minimum absolute atomic E-state index is 0.00748. The van der Waals surface area contributed by atoms with Crippen molar-refractivity contribution in [2.45, 2.75) is 33.7 Å². The maximum absolute atomic E-state index is 12.4. The second kappa shape index (κ2) is 8.14. The molecule has 1 aromatic carbocycles. The van der Waals surface area contributed by atoms with Crippen LogP contribution < -0.4 is 5.32 Å². The summed E-state index contributed by atoms with van der Waals surface area (Å²) in [7, 11) is 0. The molecular formula is C19H24N4O3S. The molecule has 0 bridgehead atoms. The van der Waals surface area contributed by atoms with Crippen LogP contribution in [0.2, 0.25) is 0 Å². The summed E-state index contributed by atoms with van der Waals surface area (Å²) >= 11 is 1.40. The lowest BCUT2D eigenvalue weighted by molar-refractivity contribution is -0.385. The second-order valence-corrected chi connectivity index (χ2v) is 8.35. The maximum atomic E-state index is 12.4. The van der Waals surface area contributed by atoms with Gasteiger partial charge in [0, 0.05) is 42.2 Å². The molecule has 8 heteroatoms. The molecule has 2 aromatic rings. The van der Waals surface area contributed by atoms with Crippen LogP contribution in [0, 0.1) is 28.9 Å². The maximum Gasteiger partial charge on any atom is 0.272 e. The first-order valence-corrected chi connectivity index (χ1v) is 9.93. The molecule has 27 heavy (non-hydrogen) atoms. The predicted molar refractivity (Wildman–Crippen MR) is 106 cm³/mol. The third-order valence-corrected chi connectivity index (χ3v) is 5.56. The van der Waals surface area contributed by atoms with Gasteiger partial charge in [-0.3, -0.25) is 25.1 Å². The highest BCUT2D eigenvalue weighted by Gasteiger charge is 2.22. The Kier molecular flexibility index (Phi) is 5.86. The van der Waals surface area contributed by atoms with E-state index in [0.717, 1.165) is 25.3 Å². The number of thiazole rings is 1. The third-order valence-electron chi connectivity index (χ3n) is 4.76. The van der Waals surface area contributed by atoms with Gasteiger partial charge in [-0.2, -0.15) is 0 Å². The molecule has 3 rings (SSSR count). The zero-order valence-corrected chi connectivity index (χ0v) is 16.6. The average Bonchev–Trinajstić information content (AvgIpc) is 3.00. The Labute approximate surface area is 162 Å². The van der Waals surface area contributed by atoms with Crippen LogP contribution in [-0.4, -0.2) is 33.8 Å². The monoisotopic (exact) mass is 388 g/mol. The van der Waals surface area contributed by atoms with E-state index in [0.29, 0.717) is 28.1 Å². The molecule has 1 aliphatic heterocycles. The first-order valence-electron chi connectivity index (χ1n) is 9.05. The molecule has 1 N–H and O–H groups in total. The summed E-state index contributed by atoms with van der Waals surface area (Å²) in [5.74, 6) is 1.07. The van der Waals surface area contributed by atoms with E-state index in [9.17, 15) is 14.9 Å². The summed E-state index contributed by atoms with van der Waals surface area (Å²) in [6, 6.07) is 4.35. The molecule has 0 radical (unpaired) electrons. The Morgan fingerprint density at radius 2 is 2.07 bits per heavy atom. The molecule has 2 heterocycles. The minimum atomic E-state index is -0.452. The molecule has 2 unspecified atom stereocenters. The van der Waals surface area contributed by atoms with Crippen molar-refractivity contribution in [2.24, 2.45) is 11.8 Å². The molecule has 0 spiro atoms. The van der Waals surface area contributed by atoms with E-state index in [1.165, 1.54) is 36.0 Å². The number of piperidine rings is 1. The third kappa shape index (κ3) is 4.90. The van der Waals surface area contributed by atoms with Crippen LogP contribution >= 0.6 is 11.3 Å². The van der Waals surface area contributed by atoms with E-state index >= 15 is 0 Å². The van der Waals surface area contributed by atoms with Crippen molar-refractivity contribution in [3.05, 3.63) is 50.5 Å². The van der Waals surface area contributed by atoms with Crippen LogP contribution in [0.15, 0.2) is 23.6 Å². The van der Waals surface area contributed by atoms with Crippen molar-refractivity contribution in [1.82, 2.24) is 9.88 Å². The van der Waals surface area contributed by atoms with Gasteiger partial charge in [0.2, 0.25) is 0 Å². The number of aromatic nitrogens is 1. The van der Waals surface area contributed by atoms with Crippen molar-refractivity contribution in [2.75, 3.05) is 18.4 Å². The highest BCUT2D eigenvalue weighted by Crippen LogP contribution is 2.24. The van der Waals surface area contributed by atoms with E-state index in [1.54, 1.807) is 6.92 Å². The van der Waals surface area contributed by atoms with E-state index < -0.39 is 4.92 Å². The number of nitrogens with one attached hydrogen (secondary N) is 1. The topological polar surface area (TPSA) is 88.4 Å². The molecule has 1 aliphatic rings. The molecule has 0 aliphatic carbocycles. The lowest BCUT2D eigenvalue weighted by atomic mass is 9.92. The van der Waals surface area contributed by atoms with Gasteiger partial charge in [-0.1, -0.05) is 13.8 Å². The number of carbonyl (C=O) groups excluding carboxylic acids is 1. The molecule has 2 atom stereocenters. The van der Waals surface area contributed by atoms with Gasteiger partial charge >= 0.3 is 0 Å². The Hall–Kier alpha value is -2.32. The van der Waals surface area contributed by atoms with Crippen molar-refractivity contribution in [3.63, 3.8) is 0 Å². The van der Waals surface area contributed by atoms with Crippen LogP contribution in [0.5, 0.6) is 0 Å². The lowest BCUT2D eigenvalue weighted by Crippen LogP contribution is -2.38. The number of nitro benzene ring substituents is 1. The number of nitro groups is 1. The zero-order valence-electron chi connectivity index (χ0n) is 15.8. The largest absolute Gasteiger partial charge is 0.298 e. The van der Waals surface area contributed by atoms with Crippen LogP contribution in [0.4, 0.5) is 10.8 Å². The first kappa shape index (κ1) is 19.4. The van der Waals surface area contributed by atoms with E-state index in [-0.39, 0.29) is 11.6 Å². The molecule has 1 saturated heterocycles. The minimum Gasteiger partial charge on any atom is -0.298 e. The first-order chi connectivity index (χ1) is 12.8. The summed E-state index contributed by atoms with van der Waals surface area (Å²) in [6.45, 7) is 9.12. The average molecular weight is 388 g/mol. The standard InChI is InChI=1S/C19H24N4O3S/c1-12-6-13(2)9-22(8-12)10-16-11-27-19(20-16)21-18(24)15-4-5-17(23(25)26)14(3)7-15/h4-5,7,11-13H,6,8-10H2,1-3H3,(H,20,21,24). The second-order valence-electron chi connectivity index (χ2n) is 7.50. The molecule has 0 saturated carbocycles. The van der Waals surface area contributed by atoms with Crippen LogP contribution in [0.1, 0.15) is 41.9 Å². The van der Waals surface area contributed by atoms with Crippen molar-refractivity contribution < 1.29 is 9.72 Å². The normalized spacial score (nSPS) is 20.4. The summed E-state index contributed by atoms with van der Waals surface area (Å²) in [4.78, 5) is 29.8. The Balaban J connectivity index is 1.62. The van der Waals surface area contributed by atoms with Gasteiger partial charge in [0.05, 0.1) is 10.6 Å². The number of amides is 1. The molecule has 1 aromatic heterocycles. The molecular weight excluding hydrogens is 364 g/mol. The van der Waals surface area contributed by atoms with E-state index in [1.807, 2.05) is 5.38 Å². The number of nitrogens with zero attached hydrogens (tertiary/aromatic N) is 3. The molecule has 144 valence electrons. The quantitative estimate of drug-likeness (QED) is 0.616. The van der Waals surface area contributed by atoms with Crippen molar-refractivity contribution in [1.29, 1.82) is 0 Å². The Bertz CT molecular complexity index is 841. The number of hydrogen-bond acceptors (Lipinski definition) is 6. The number of hydrogen-bond donors (Lipinski definition) is 1. The number of rotatable bonds is 5. The molecule has 1 amide bonds. The Morgan fingerprint density at radius 3 is 2.70 bits per heavy atom. The van der Waals surface area contributed by atoms with E-state index in [4.69, 9.17) is 0 Å². The summed E-state index contributed by atoms with van der Waals surface area (Å²) < 4.78 is 0. The number of anilines is 1. The highest BCUT2D eigenvalue weighted by atomic mass is 32.1. The fourth-order valence-electron chi connectivity index (χ4n) is 3.76. The van der Waals surface area contributed by atoms with Crippen LogP contribution in [0.3, 0.4) is 0 Å². The highest BCUT2D eigenvalue weighted by molar-refractivity contribution is 7.13. The fraction of sp³-hybridized carbons (Fsp3) is 0.474. The SMILES string of the molecule is Cc1cc(C(=O)Nc2nc(CN3CC(C)CC(C)C3)cs2)ccc1[N+](=O)[O-]. The van der Waals surface area contributed by atoms with Gasteiger partial charge in [-0.15, -0.1) is 11.3 Å². The van der Waals surface area contributed by atoms with Crippen molar-refractivity contribution in [3.8, 4) is 0 Å².